The van der Waals surface area contributed by atoms with E-state index in [0.29, 0.717) is 22.9 Å². The van der Waals surface area contributed by atoms with Gasteiger partial charge in [0.05, 0.1) is 12.8 Å². The van der Waals surface area contributed by atoms with Crippen LogP contribution >= 0.6 is 12.2 Å². The first-order valence-corrected chi connectivity index (χ1v) is 11.2. The van der Waals surface area contributed by atoms with Crippen LogP contribution in [0.3, 0.4) is 0 Å². The van der Waals surface area contributed by atoms with E-state index in [1.807, 2.05) is 48.5 Å². The average Bonchev–Trinajstić information content (AvgIpc) is 3.15. The van der Waals surface area contributed by atoms with Crippen LogP contribution in [-0.2, 0) is 11.4 Å². The third-order valence-corrected chi connectivity index (χ3v) is 5.84. The van der Waals surface area contributed by atoms with Gasteiger partial charge in [-0.05, 0) is 72.4 Å². The number of rotatable bonds is 6. The molecule has 1 aliphatic heterocycles. The number of amides is 1. The van der Waals surface area contributed by atoms with E-state index in [2.05, 4.69) is 10.3 Å². The van der Waals surface area contributed by atoms with Crippen molar-refractivity contribution in [2.45, 2.75) is 6.61 Å². The number of nitrogens with one attached hydrogen (secondary N) is 1. The highest BCUT2D eigenvalue weighted by Crippen LogP contribution is 2.28. The molecule has 0 saturated carbocycles. The predicted octanol–water partition coefficient (Wildman–Crippen LogP) is 5.22. The van der Waals surface area contributed by atoms with Gasteiger partial charge in [0, 0.05) is 17.1 Å². The number of halogens is 1. The molecule has 1 amide bonds. The third kappa shape index (κ3) is 4.56. The minimum absolute atomic E-state index is 0.230. The van der Waals surface area contributed by atoms with Gasteiger partial charge >= 0.3 is 0 Å². The van der Waals surface area contributed by atoms with Gasteiger partial charge in [-0.25, -0.2) is 4.39 Å². The van der Waals surface area contributed by atoms with Crippen molar-refractivity contribution in [3.8, 4) is 11.5 Å². The number of pyridine rings is 1. The van der Waals surface area contributed by atoms with Crippen molar-refractivity contribution in [1.29, 1.82) is 0 Å². The number of carbonyl (C=O) groups excluding carboxylic acids is 1. The molecule has 0 atom stereocenters. The maximum absolute atomic E-state index is 13.3. The second-order valence-electron chi connectivity index (χ2n) is 7.80. The minimum Gasteiger partial charge on any atom is -0.496 e. The largest absolute Gasteiger partial charge is 0.496 e. The number of nitrogens with zero attached hydrogens (tertiary/aromatic N) is 2. The molecule has 0 unspecified atom stereocenters. The van der Waals surface area contributed by atoms with Gasteiger partial charge in [-0.2, -0.15) is 0 Å². The number of anilines is 1. The van der Waals surface area contributed by atoms with Crippen LogP contribution in [0.1, 0.15) is 11.1 Å². The molecule has 35 heavy (non-hydrogen) atoms. The zero-order chi connectivity index (χ0) is 24.4. The summed E-state index contributed by atoms with van der Waals surface area (Å²) >= 11 is 5.34. The molecule has 4 aromatic rings. The topological polar surface area (TPSA) is 63.7 Å². The maximum Gasteiger partial charge on any atom is 0.281 e. The first-order valence-electron chi connectivity index (χ1n) is 10.8. The Bertz CT molecular complexity index is 1470. The standard InChI is InChI=1S/C27H20FN3O3S/c1-33-23-12-7-17(14-19(23)16-34-24-6-2-4-18-5-3-13-29-25(18)24)15-22-26(32)31(27(35)30-22)21-10-8-20(28)9-11-21/h2-15H,16H2,1H3,(H,30,35)/b22-15-. The fourth-order valence-electron chi connectivity index (χ4n) is 3.88. The van der Waals surface area contributed by atoms with Crippen molar-refractivity contribution in [3.63, 3.8) is 0 Å². The summed E-state index contributed by atoms with van der Waals surface area (Å²) in [7, 11) is 1.59. The summed E-state index contributed by atoms with van der Waals surface area (Å²) in [4.78, 5) is 18.8. The molecule has 174 valence electrons. The molecule has 0 radical (unpaired) electrons. The molecular formula is C27H20FN3O3S. The first kappa shape index (κ1) is 22.5. The summed E-state index contributed by atoms with van der Waals surface area (Å²) in [6, 6.07) is 20.8. The predicted molar refractivity (Wildman–Crippen MR) is 137 cm³/mol. The Balaban J connectivity index is 1.40. The van der Waals surface area contributed by atoms with Crippen molar-refractivity contribution in [1.82, 2.24) is 10.3 Å². The van der Waals surface area contributed by atoms with Crippen LogP contribution in [0, 0.1) is 5.82 Å². The number of para-hydroxylation sites is 1. The van der Waals surface area contributed by atoms with E-state index in [0.717, 1.165) is 22.0 Å². The van der Waals surface area contributed by atoms with Gasteiger partial charge in [0.2, 0.25) is 0 Å². The molecule has 0 bridgehead atoms. The summed E-state index contributed by atoms with van der Waals surface area (Å²) in [5, 5.41) is 4.16. The Kier molecular flexibility index (Phi) is 6.12. The summed E-state index contributed by atoms with van der Waals surface area (Å²) in [5.74, 6) is 0.621. The molecule has 0 spiro atoms. The van der Waals surface area contributed by atoms with Crippen LogP contribution in [0.2, 0.25) is 0 Å². The van der Waals surface area contributed by atoms with E-state index in [9.17, 15) is 9.18 Å². The Morgan fingerprint density at radius 1 is 1.06 bits per heavy atom. The van der Waals surface area contributed by atoms with Crippen LogP contribution in [0.15, 0.2) is 84.7 Å². The highest BCUT2D eigenvalue weighted by Gasteiger charge is 2.32. The first-order chi connectivity index (χ1) is 17.0. The molecule has 1 saturated heterocycles. The molecule has 1 aromatic heterocycles. The van der Waals surface area contributed by atoms with E-state index in [1.165, 1.54) is 29.2 Å². The number of carbonyl (C=O) groups is 1. The highest BCUT2D eigenvalue weighted by molar-refractivity contribution is 7.80. The number of hydrogen-bond donors (Lipinski definition) is 1. The molecule has 5 rings (SSSR count). The number of fused-ring (bicyclic) bond motifs is 1. The van der Waals surface area contributed by atoms with Crippen LogP contribution < -0.4 is 19.7 Å². The lowest BCUT2D eigenvalue weighted by atomic mass is 10.1. The number of hydrogen-bond acceptors (Lipinski definition) is 5. The molecule has 8 heteroatoms. The van der Waals surface area contributed by atoms with Crippen molar-refractivity contribution < 1.29 is 18.7 Å². The second kappa shape index (κ2) is 9.52. The fourth-order valence-corrected chi connectivity index (χ4v) is 4.17. The smallest absolute Gasteiger partial charge is 0.281 e. The van der Waals surface area contributed by atoms with E-state index in [-0.39, 0.29) is 23.4 Å². The summed E-state index contributed by atoms with van der Waals surface area (Å²) in [6.45, 7) is 0.247. The zero-order valence-electron chi connectivity index (χ0n) is 18.7. The molecule has 1 N–H and O–H groups in total. The summed E-state index contributed by atoms with van der Waals surface area (Å²) in [6.07, 6.45) is 3.44. The van der Waals surface area contributed by atoms with Gasteiger partial charge in [0.1, 0.15) is 35.1 Å². The lowest BCUT2D eigenvalue weighted by molar-refractivity contribution is -0.113. The van der Waals surface area contributed by atoms with E-state index in [4.69, 9.17) is 21.7 Å². The molecular weight excluding hydrogens is 465 g/mol. The number of benzene rings is 3. The number of methoxy groups -OCH3 is 1. The normalized spacial score (nSPS) is 14.5. The van der Waals surface area contributed by atoms with Gasteiger partial charge in [-0.3, -0.25) is 14.7 Å². The average molecular weight is 486 g/mol. The lowest BCUT2D eigenvalue weighted by Gasteiger charge is -2.13. The van der Waals surface area contributed by atoms with Gasteiger partial charge in [0.25, 0.3) is 5.91 Å². The molecule has 0 aliphatic carbocycles. The van der Waals surface area contributed by atoms with Gasteiger partial charge in [0.15, 0.2) is 5.11 Å². The van der Waals surface area contributed by atoms with Crippen LogP contribution in [-0.4, -0.2) is 23.1 Å². The molecule has 2 heterocycles. The fraction of sp³-hybridized carbons (Fsp3) is 0.0741. The van der Waals surface area contributed by atoms with Crippen molar-refractivity contribution in [2.24, 2.45) is 0 Å². The SMILES string of the molecule is COc1ccc(/C=C2\NC(=S)N(c3ccc(F)cc3)C2=O)cc1COc1cccc2cccnc12. The summed E-state index contributed by atoms with van der Waals surface area (Å²) in [5.41, 5.74) is 3.15. The van der Waals surface area contributed by atoms with Crippen LogP contribution in [0.5, 0.6) is 11.5 Å². The lowest BCUT2D eigenvalue weighted by Crippen LogP contribution is -2.30. The number of aromatic nitrogens is 1. The molecule has 1 aliphatic rings. The third-order valence-electron chi connectivity index (χ3n) is 5.56. The van der Waals surface area contributed by atoms with E-state index < -0.39 is 0 Å². The van der Waals surface area contributed by atoms with E-state index >= 15 is 0 Å². The van der Waals surface area contributed by atoms with Crippen LogP contribution in [0.25, 0.3) is 17.0 Å². The monoisotopic (exact) mass is 485 g/mol. The highest BCUT2D eigenvalue weighted by atomic mass is 32.1. The summed E-state index contributed by atoms with van der Waals surface area (Å²) < 4.78 is 24.9. The molecule has 1 fully saturated rings. The number of thiocarbonyl (C=S) groups is 1. The minimum atomic E-state index is -0.387. The second-order valence-corrected chi connectivity index (χ2v) is 8.18. The van der Waals surface area contributed by atoms with Gasteiger partial charge in [-0.15, -0.1) is 0 Å². The maximum atomic E-state index is 13.3. The van der Waals surface area contributed by atoms with Crippen molar-refractivity contribution in [2.75, 3.05) is 12.0 Å². The van der Waals surface area contributed by atoms with Crippen molar-refractivity contribution >= 4 is 45.9 Å². The molecule has 3 aromatic carbocycles. The Hall–Kier alpha value is -4.30. The van der Waals surface area contributed by atoms with Gasteiger partial charge in [-0.1, -0.05) is 24.3 Å². The van der Waals surface area contributed by atoms with E-state index in [1.54, 1.807) is 19.4 Å². The Morgan fingerprint density at radius 3 is 2.66 bits per heavy atom. The van der Waals surface area contributed by atoms with Gasteiger partial charge < -0.3 is 14.8 Å². The Labute approximate surface area is 206 Å². The quantitative estimate of drug-likeness (QED) is 0.298. The van der Waals surface area contributed by atoms with Crippen LogP contribution in [0.4, 0.5) is 10.1 Å². The van der Waals surface area contributed by atoms with Crippen molar-refractivity contribution in [3.05, 3.63) is 102 Å². The molecule has 6 nitrogen and oxygen atoms in total. The Morgan fingerprint density at radius 2 is 1.86 bits per heavy atom. The number of ether oxygens (including phenoxy) is 2. The zero-order valence-corrected chi connectivity index (χ0v) is 19.5.